The molecule has 0 spiro atoms. The Labute approximate surface area is 207 Å². The van der Waals surface area contributed by atoms with Crippen molar-refractivity contribution in [1.29, 1.82) is 0 Å². The number of H-pyrrole nitrogens is 1. The van der Waals surface area contributed by atoms with Crippen LogP contribution in [0.2, 0.25) is 0 Å². The minimum atomic E-state index is -0.439. The molecule has 36 heavy (non-hydrogen) atoms. The molecule has 4 aromatic rings. The second kappa shape index (κ2) is 9.81. The number of carbonyl (C=O) groups excluding carboxylic acids is 1. The van der Waals surface area contributed by atoms with E-state index in [-0.39, 0.29) is 29.0 Å². The molecular weight excluding hydrogens is 459 g/mol. The number of aromatic nitrogens is 3. The van der Waals surface area contributed by atoms with Gasteiger partial charge in [-0.15, -0.1) is 0 Å². The van der Waals surface area contributed by atoms with Crippen LogP contribution in [0.1, 0.15) is 38.1 Å². The molecule has 0 radical (unpaired) electrons. The second-order valence-corrected chi connectivity index (χ2v) is 9.22. The second-order valence-electron chi connectivity index (χ2n) is 9.22. The molecule has 8 heteroatoms. The van der Waals surface area contributed by atoms with Crippen molar-refractivity contribution >= 4 is 22.5 Å². The molecule has 0 unspecified atom stereocenters. The standard InChI is InChI=1S/C28H27FN4O3/c1-2-20(34)15-17-7-11-19(12-8-17)33-16-22(25-26(33)28(35)32-31-27(25)30)18-9-13-21(14-10-18)36-24-6-4-3-5-23(24)29/h2-6,9-10,13-14,16-17,19H,1,7-8,11-12,15H2,(H2,30,31)(H,32,35)/t17-,19-. The molecule has 0 saturated heterocycles. The molecule has 2 aromatic carbocycles. The summed E-state index contributed by atoms with van der Waals surface area (Å²) in [4.78, 5) is 24.6. The lowest BCUT2D eigenvalue weighted by Crippen LogP contribution is -2.22. The van der Waals surface area contributed by atoms with Gasteiger partial charge >= 0.3 is 0 Å². The number of fused-ring (bicyclic) bond motifs is 1. The van der Waals surface area contributed by atoms with Gasteiger partial charge in [0.15, 0.2) is 23.2 Å². The van der Waals surface area contributed by atoms with Crippen LogP contribution in [0.3, 0.4) is 0 Å². The quantitative estimate of drug-likeness (QED) is 0.322. The molecule has 184 valence electrons. The van der Waals surface area contributed by atoms with Gasteiger partial charge in [-0.25, -0.2) is 9.49 Å². The molecule has 3 N–H and O–H groups in total. The van der Waals surface area contributed by atoms with Crippen LogP contribution >= 0.6 is 0 Å². The number of hydrogen-bond donors (Lipinski definition) is 2. The van der Waals surface area contributed by atoms with Crippen LogP contribution in [-0.2, 0) is 4.79 Å². The van der Waals surface area contributed by atoms with Gasteiger partial charge in [-0.1, -0.05) is 30.8 Å². The number of nitrogens with one attached hydrogen (secondary N) is 1. The van der Waals surface area contributed by atoms with Gasteiger partial charge in [0, 0.05) is 24.2 Å². The summed E-state index contributed by atoms with van der Waals surface area (Å²) in [6.07, 6.45) is 7.39. The van der Waals surface area contributed by atoms with E-state index in [0.717, 1.165) is 36.8 Å². The third kappa shape index (κ3) is 4.54. The number of nitrogens with zero attached hydrogens (tertiary/aromatic N) is 2. The highest BCUT2D eigenvalue weighted by atomic mass is 19.1. The number of benzene rings is 2. The maximum Gasteiger partial charge on any atom is 0.288 e. The maximum absolute atomic E-state index is 14.0. The third-order valence-corrected chi connectivity index (χ3v) is 6.94. The van der Waals surface area contributed by atoms with Gasteiger partial charge < -0.3 is 15.0 Å². The van der Waals surface area contributed by atoms with E-state index in [1.807, 2.05) is 22.9 Å². The number of ether oxygens (including phenoxy) is 1. The smallest absolute Gasteiger partial charge is 0.288 e. The van der Waals surface area contributed by atoms with Gasteiger partial charge in [0.1, 0.15) is 11.3 Å². The van der Waals surface area contributed by atoms with Crippen LogP contribution in [0.25, 0.3) is 22.0 Å². The van der Waals surface area contributed by atoms with Crippen LogP contribution in [0.5, 0.6) is 11.5 Å². The zero-order valence-electron chi connectivity index (χ0n) is 19.7. The highest BCUT2D eigenvalue weighted by Gasteiger charge is 2.27. The molecule has 0 atom stereocenters. The third-order valence-electron chi connectivity index (χ3n) is 6.94. The Bertz CT molecular complexity index is 1480. The first-order valence-corrected chi connectivity index (χ1v) is 12.0. The van der Waals surface area contributed by atoms with E-state index in [4.69, 9.17) is 10.5 Å². The lowest BCUT2D eigenvalue weighted by atomic mass is 9.83. The number of ketones is 1. The van der Waals surface area contributed by atoms with Crippen LogP contribution in [0, 0.1) is 11.7 Å². The Kier molecular flexibility index (Phi) is 6.41. The van der Waals surface area contributed by atoms with Gasteiger partial charge in [0.05, 0.1) is 5.39 Å². The summed E-state index contributed by atoms with van der Waals surface area (Å²) < 4.78 is 21.6. The number of nitrogen functional groups attached to an aromatic ring is 1. The van der Waals surface area contributed by atoms with Crippen LogP contribution in [-0.4, -0.2) is 20.5 Å². The predicted octanol–water partition coefficient (Wildman–Crippen LogP) is 5.78. The monoisotopic (exact) mass is 486 g/mol. The molecule has 7 nitrogen and oxygen atoms in total. The lowest BCUT2D eigenvalue weighted by molar-refractivity contribution is -0.115. The van der Waals surface area contributed by atoms with Crippen molar-refractivity contribution in [3.8, 4) is 22.6 Å². The molecule has 2 heterocycles. The molecule has 1 fully saturated rings. The van der Waals surface area contributed by atoms with Crippen LogP contribution in [0.15, 0.2) is 72.2 Å². The number of nitrogens with two attached hydrogens (primary N) is 1. The summed E-state index contributed by atoms with van der Waals surface area (Å²) in [5.41, 5.74) is 8.07. The molecule has 0 aliphatic heterocycles. The van der Waals surface area contributed by atoms with Crippen molar-refractivity contribution in [3.05, 3.63) is 83.6 Å². The van der Waals surface area contributed by atoms with Gasteiger partial charge in [-0.05, 0) is 67.5 Å². The summed E-state index contributed by atoms with van der Waals surface area (Å²) in [6.45, 7) is 3.57. The fourth-order valence-corrected chi connectivity index (χ4v) is 5.09. The molecule has 1 aliphatic rings. The fraction of sp³-hybridized carbons (Fsp3) is 0.250. The highest BCUT2D eigenvalue weighted by Crippen LogP contribution is 2.40. The van der Waals surface area contributed by atoms with Crippen molar-refractivity contribution in [2.45, 2.75) is 38.1 Å². The number of halogens is 1. The SMILES string of the molecule is C=CC(=O)C[C@H]1CC[C@H](n2cc(-c3ccc(Oc4ccccc4F)cc3)c3c(N)n[nH]c(=O)c32)CC1. The molecule has 0 amide bonds. The number of hydrogen-bond acceptors (Lipinski definition) is 5. The van der Waals surface area contributed by atoms with E-state index in [0.29, 0.717) is 29.0 Å². The van der Waals surface area contributed by atoms with E-state index in [9.17, 15) is 14.0 Å². The summed E-state index contributed by atoms with van der Waals surface area (Å²) >= 11 is 0. The zero-order chi connectivity index (χ0) is 25.2. The fourth-order valence-electron chi connectivity index (χ4n) is 5.09. The van der Waals surface area contributed by atoms with E-state index in [1.165, 1.54) is 12.1 Å². The van der Waals surface area contributed by atoms with E-state index < -0.39 is 5.82 Å². The Morgan fingerprint density at radius 2 is 1.89 bits per heavy atom. The summed E-state index contributed by atoms with van der Waals surface area (Å²) in [6, 6.07) is 13.6. The minimum absolute atomic E-state index is 0.0740. The van der Waals surface area contributed by atoms with E-state index >= 15 is 0 Å². The first kappa shape index (κ1) is 23.5. The highest BCUT2D eigenvalue weighted by molar-refractivity contribution is 6.02. The van der Waals surface area contributed by atoms with Gasteiger partial charge in [-0.2, -0.15) is 5.10 Å². The van der Waals surface area contributed by atoms with Crippen LogP contribution < -0.4 is 16.0 Å². The van der Waals surface area contributed by atoms with E-state index in [1.54, 1.807) is 30.3 Å². The molecular formula is C28H27FN4O3. The Morgan fingerprint density at radius 3 is 2.58 bits per heavy atom. The number of para-hydroxylation sites is 1. The molecule has 1 saturated carbocycles. The molecule has 5 rings (SSSR count). The summed E-state index contributed by atoms with van der Waals surface area (Å²) in [5.74, 6) is 0.850. The normalized spacial score (nSPS) is 17.7. The first-order valence-electron chi connectivity index (χ1n) is 12.0. The Balaban J connectivity index is 1.46. The Hall–Kier alpha value is -4.20. The van der Waals surface area contributed by atoms with Crippen molar-refractivity contribution in [2.75, 3.05) is 5.73 Å². The zero-order valence-corrected chi connectivity index (χ0v) is 19.7. The van der Waals surface area contributed by atoms with Crippen molar-refractivity contribution in [1.82, 2.24) is 14.8 Å². The minimum Gasteiger partial charge on any atom is -0.454 e. The number of carbonyl (C=O) groups is 1. The number of anilines is 1. The number of aromatic amines is 1. The average molecular weight is 487 g/mol. The Morgan fingerprint density at radius 1 is 1.17 bits per heavy atom. The van der Waals surface area contributed by atoms with Crippen molar-refractivity contribution in [3.63, 3.8) is 0 Å². The summed E-state index contributed by atoms with van der Waals surface area (Å²) in [5, 5.41) is 7.11. The maximum atomic E-state index is 14.0. The molecule has 2 aromatic heterocycles. The number of rotatable bonds is 7. The summed E-state index contributed by atoms with van der Waals surface area (Å²) in [7, 11) is 0. The average Bonchev–Trinajstić information content (AvgIpc) is 3.30. The van der Waals surface area contributed by atoms with Gasteiger partial charge in [-0.3, -0.25) is 9.59 Å². The number of allylic oxidation sites excluding steroid dienone is 1. The largest absolute Gasteiger partial charge is 0.454 e. The van der Waals surface area contributed by atoms with Crippen molar-refractivity contribution in [2.24, 2.45) is 5.92 Å². The first-order chi connectivity index (χ1) is 17.4. The van der Waals surface area contributed by atoms with Gasteiger partial charge in [0.2, 0.25) is 0 Å². The van der Waals surface area contributed by atoms with Crippen molar-refractivity contribution < 1.29 is 13.9 Å². The molecule has 0 bridgehead atoms. The topological polar surface area (TPSA) is 103 Å². The van der Waals surface area contributed by atoms with Crippen LogP contribution in [0.4, 0.5) is 10.2 Å². The lowest BCUT2D eigenvalue weighted by Gasteiger charge is -2.29. The van der Waals surface area contributed by atoms with Gasteiger partial charge in [0.25, 0.3) is 5.56 Å². The predicted molar refractivity (Wildman–Crippen MR) is 137 cm³/mol. The van der Waals surface area contributed by atoms with E-state index in [2.05, 4.69) is 16.8 Å². The molecule has 1 aliphatic carbocycles.